The number of carboxylic acids is 1. The number of methoxy groups -OCH3 is 1. The van der Waals surface area contributed by atoms with Crippen molar-refractivity contribution in [2.45, 2.75) is 57.0 Å². The second-order valence-electron chi connectivity index (χ2n) is 11.6. The minimum absolute atomic E-state index is 0.0879. The van der Waals surface area contributed by atoms with E-state index in [0.29, 0.717) is 23.4 Å². The van der Waals surface area contributed by atoms with E-state index in [4.69, 9.17) is 9.15 Å². The Morgan fingerprint density at radius 1 is 0.913 bits per heavy atom. The topological polar surface area (TPSA) is 83.1 Å². The molecule has 5 aromatic rings. The SMILES string of the molecule is COc1cc(-c2ccc(CO)c(C(C)(C)C(=O)O)c2)ccc1CN(Cc1ccc(C(F)(F)F)o1)Sc1c(C)ccc2ccccc12. The number of aryl methyl sites for hydroxylation is 1. The number of alkyl halides is 3. The standard InChI is InChI=1S/C36H34F3NO5S/c1-22-9-10-23-7-5-6-8-29(23)33(22)46-40(20-28-15-16-32(45-28)36(37,38)39)19-26-13-11-25(18-31(26)44-4)24-12-14-27(21-41)30(17-24)35(2,3)34(42)43/h5-18,41H,19-21H2,1-4H3,(H,42,43). The summed E-state index contributed by atoms with van der Waals surface area (Å²) >= 11 is 1.44. The van der Waals surface area contributed by atoms with E-state index in [0.717, 1.165) is 44.0 Å². The molecule has 240 valence electrons. The van der Waals surface area contributed by atoms with Crippen LogP contribution in [0.3, 0.4) is 0 Å². The molecule has 0 spiro atoms. The van der Waals surface area contributed by atoms with Gasteiger partial charge in [0, 0.05) is 17.0 Å². The van der Waals surface area contributed by atoms with E-state index in [-0.39, 0.29) is 18.9 Å². The summed E-state index contributed by atoms with van der Waals surface area (Å²) in [5.74, 6) is -1.33. The molecule has 0 saturated carbocycles. The van der Waals surface area contributed by atoms with Gasteiger partial charge in [-0.1, -0.05) is 60.7 Å². The van der Waals surface area contributed by atoms with Crippen LogP contribution in [0, 0.1) is 6.92 Å². The highest BCUT2D eigenvalue weighted by Crippen LogP contribution is 2.39. The monoisotopic (exact) mass is 649 g/mol. The van der Waals surface area contributed by atoms with Gasteiger partial charge in [0.2, 0.25) is 5.76 Å². The second kappa shape index (κ2) is 13.2. The maximum Gasteiger partial charge on any atom is 0.449 e. The van der Waals surface area contributed by atoms with Gasteiger partial charge in [-0.2, -0.15) is 13.2 Å². The van der Waals surface area contributed by atoms with Crippen LogP contribution in [-0.2, 0) is 36.1 Å². The fourth-order valence-electron chi connectivity index (χ4n) is 5.35. The van der Waals surface area contributed by atoms with E-state index in [2.05, 4.69) is 0 Å². The van der Waals surface area contributed by atoms with Gasteiger partial charge in [0.05, 0.1) is 25.7 Å². The van der Waals surface area contributed by atoms with Crippen molar-refractivity contribution in [1.29, 1.82) is 0 Å². The Kier molecular flexibility index (Phi) is 9.53. The molecule has 0 saturated heterocycles. The average Bonchev–Trinajstić information content (AvgIpc) is 3.51. The lowest BCUT2D eigenvalue weighted by Crippen LogP contribution is -2.29. The summed E-state index contributed by atoms with van der Waals surface area (Å²) in [6.07, 6.45) is -4.59. The molecule has 46 heavy (non-hydrogen) atoms. The molecule has 4 aromatic carbocycles. The molecule has 0 radical (unpaired) electrons. The van der Waals surface area contributed by atoms with Gasteiger partial charge in [0.15, 0.2) is 0 Å². The largest absolute Gasteiger partial charge is 0.496 e. The van der Waals surface area contributed by atoms with Gasteiger partial charge in [0.25, 0.3) is 0 Å². The van der Waals surface area contributed by atoms with Crippen LogP contribution in [0.2, 0.25) is 0 Å². The number of carboxylic acid groups (broad SMARTS) is 1. The third-order valence-electron chi connectivity index (χ3n) is 8.03. The zero-order chi connectivity index (χ0) is 33.2. The Morgan fingerprint density at radius 2 is 1.61 bits per heavy atom. The minimum atomic E-state index is -4.59. The van der Waals surface area contributed by atoms with Crippen LogP contribution in [0.15, 0.2) is 94.2 Å². The Hall–Kier alpha value is -4.25. The molecule has 10 heteroatoms. The van der Waals surface area contributed by atoms with Crippen molar-refractivity contribution >= 4 is 28.7 Å². The number of fused-ring (bicyclic) bond motifs is 1. The number of carbonyl (C=O) groups is 1. The summed E-state index contributed by atoms with van der Waals surface area (Å²) in [5.41, 5.74) is 3.15. The van der Waals surface area contributed by atoms with E-state index in [1.165, 1.54) is 18.0 Å². The third-order valence-corrected chi connectivity index (χ3v) is 9.27. The molecule has 0 aliphatic heterocycles. The third kappa shape index (κ3) is 6.94. The maximum atomic E-state index is 13.3. The number of nitrogens with zero attached hydrogens (tertiary/aromatic N) is 1. The number of aliphatic carboxylic acids is 1. The van der Waals surface area contributed by atoms with E-state index >= 15 is 0 Å². The summed E-state index contributed by atoms with van der Waals surface area (Å²) in [6.45, 7) is 5.29. The van der Waals surface area contributed by atoms with Crippen LogP contribution < -0.4 is 4.74 Å². The lowest BCUT2D eigenvalue weighted by molar-refractivity contribution is -0.153. The smallest absolute Gasteiger partial charge is 0.449 e. The van der Waals surface area contributed by atoms with Gasteiger partial charge in [-0.25, -0.2) is 4.31 Å². The second-order valence-corrected chi connectivity index (χ2v) is 12.7. The van der Waals surface area contributed by atoms with Gasteiger partial charge >= 0.3 is 12.1 Å². The molecule has 0 amide bonds. The molecule has 0 fully saturated rings. The van der Waals surface area contributed by atoms with E-state index < -0.39 is 23.3 Å². The van der Waals surface area contributed by atoms with Gasteiger partial charge in [-0.3, -0.25) is 4.79 Å². The van der Waals surface area contributed by atoms with E-state index in [1.807, 2.05) is 71.9 Å². The first-order chi connectivity index (χ1) is 21.8. The summed E-state index contributed by atoms with van der Waals surface area (Å²) in [4.78, 5) is 13.0. The summed E-state index contributed by atoms with van der Waals surface area (Å²) in [5, 5.41) is 21.8. The van der Waals surface area contributed by atoms with Crippen molar-refractivity contribution < 1.29 is 37.3 Å². The van der Waals surface area contributed by atoms with Crippen LogP contribution >= 0.6 is 11.9 Å². The molecule has 0 aliphatic carbocycles. The first kappa shape index (κ1) is 33.1. The number of furan rings is 1. The lowest BCUT2D eigenvalue weighted by Gasteiger charge is -2.24. The van der Waals surface area contributed by atoms with E-state index in [9.17, 15) is 28.2 Å². The van der Waals surface area contributed by atoms with Crippen LogP contribution in [0.5, 0.6) is 5.75 Å². The molecule has 2 N–H and O–H groups in total. The number of aliphatic hydroxyl groups is 1. The zero-order valence-electron chi connectivity index (χ0n) is 25.8. The van der Waals surface area contributed by atoms with Crippen LogP contribution in [0.4, 0.5) is 13.2 Å². The number of hydrogen-bond donors (Lipinski definition) is 2. The van der Waals surface area contributed by atoms with Crippen molar-refractivity contribution in [3.8, 4) is 16.9 Å². The first-order valence-electron chi connectivity index (χ1n) is 14.5. The van der Waals surface area contributed by atoms with Crippen molar-refractivity contribution in [2.24, 2.45) is 0 Å². The predicted molar refractivity (Wildman–Crippen MR) is 173 cm³/mol. The molecule has 5 rings (SSSR count). The molecule has 1 aromatic heterocycles. The van der Waals surface area contributed by atoms with Gasteiger partial charge in [0.1, 0.15) is 11.5 Å². The molecule has 1 heterocycles. The van der Waals surface area contributed by atoms with Crippen molar-refractivity contribution in [3.05, 3.63) is 119 Å². The van der Waals surface area contributed by atoms with Gasteiger partial charge in [-0.05, 0) is 95.6 Å². The quantitative estimate of drug-likeness (QED) is 0.138. The summed E-state index contributed by atoms with van der Waals surface area (Å²) < 4.78 is 53.0. The van der Waals surface area contributed by atoms with Crippen molar-refractivity contribution in [3.63, 3.8) is 0 Å². The number of hydrogen-bond acceptors (Lipinski definition) is 6. The molecule has 0 aliphatic rings. The Morgan fingerprint density at radius 3 is 2.26 bits per heavy atom. The number of benzene rings is 4. The fourth-order valence-corrected chi connectivity index (χ4v) is 6.50. The van der Waals surface area contributed by atoms with Crippen LogP contribution in [-0.4, -0.2) is 27.6 Å². The predicted octanol–water partition coefficient (Wildman–Crippen LogP) is 9.00. The Bertz CT molecular complexity index is 1880. The highest BCUT2D eigenvalue weighted by Gasteiger charge is 2.35. The highest BCUT2D eigenvalue weighted by molar-refractivity contribution is 7.97. The summed E-state index contributed by atoms with van der Waals surface area (Å²) in [6, 6.07) is 25.3. The molecule has 0 unspecified atom stereocenters. The number of ether oxygens (including phenoxy) is 1. The van der Waals surface area contributed by atoms with Crippen molar-refractivity contribution in [2.75, 3.05) is 7.11 Å². The summed E-state index contributed by atoms with van der Waals surface area (Å²) in [7, 11) is 1.55. The number of rotatable bonds is 11. The zero-order valence-corrected chi connectivity index (χ0v) is 26.6. The average molecular weight is 650 g/mol. The molecular weight excluding hydrogens is 615 g/mol. The van der Waals surface area contributed by atoms with E-state index in [1.54, 1.807) is 33.1 Å². The van der Waals surface area contributed by atoms with Gasteiger partial charge < -0.3 is 19.4 Å². The van der Waals surface area contributed by atoms with Gasteiger partial charge in [-0.15, -0.1) is 0 Å². The first-order valence-corrected chi connectivity index (χ1v) is 15.3. The lowest BCUT2D eigenvalue weighted by atomic mass is 9.80. The normalized spacial score (nSPS) is 12.2. The van der Waals surface area contributed by atoms with Crippen LogP contribution in [0.1, 0.15) is 47.6 Å². The minimum Gasteiger partial charge on any atom is -0.496 e. The molecular formula is C36H34F3NO5S. The maximum absolute atomic E-state index is 13.3. The fraction of sp³-hybridized carbons (Fsp3) is 0.250. The molecule has 0 bridgehead atoms. The van der Waals surface area contributed by atoms with Crippen molar-refractivity contribution in [1.82, 2.24) is 4.31 Å². The number of aliphatic hydroxyl groups excluding tert-OH is 1. The molecule has 6 nitrogen and oxygen atoms in total. The Balaban J connectivity index is 1.52. The molecule has 0 atom stereocenters. The number of halogens is 3. The Labute approximate surface area is 269 Å². The van der Waals surface area contributed by atoms with Crippen LogP contribution in [0.25, 0.3) is 21.9 Å². The highest BCUT2D eigenvalue weighted by atomic mass is 32.2.